The van der Waals surface area contributed by atoms with Crippen LogP contribution in [0.4, 0.5) is 51.2 Å². The van der Waals surface area contributed by atoms with Gasteiger partial charge in [-0.3, -0.25) is 0 Å². The van der Waals surface area contributed by atoms with Gasteiger partial charge in [-0.2, -0.15) is 0 Å². The van der Waals surface area contributed by atoms with Gasteiger partial charge >= 0.3 is 0 Å². The third-order valence-corrected chi connectivity index (χ3v) is 13.3. The first-order valence-electron chi connectivity index (χ1n) is 19.8. The predicted molar refractivity (Wildman–Crippen MR) is 256 cm³/mol. The third-order valence-electron chi connectivity index (χ3n) is 11.0. The van der Waals surface area contributed by atoms with E-state index in [1.54, 1.807) is 0 Å². The van der Waals surface area contributed by atoms with E-state index in [1.807, 2.05) is 22.7 Å². The molecule has 11 rings (SSSR count). The van der Waals surface area contributed by atoms with Crippen molar-refractivity contribution in [3.63, 3.8) is 0 Å². The van der Waals surface area contributed by atoms with Gasteiger partial charge in [-0.1, -0.05) is 103 Å². The number of hydrogen-bond acceptors (Lipinski definition) is 5. The number of hydrogen-bond donors (Lipinski definition) is 0. The Morgan fingerprint density at radius 3 is 1.05 bits per heavy atom. The minimum atomic E-state index is 1.08. The predicted octanol–water partition coefficient (Wildman–Crippen LogP) is 16.8. The maximum atomic E-state index is 2.39. The molecule has 59 heavy (non-hydrogen) atoms. The third kappa shape index (κ3) is 6.47. The second kappa shape index (κ2) is 15.0. The van der Waals surface area contributed by atoms with E-state index in [2.05, 4.69) is 239 Å². The monoisotopic (exact) mass is 791 g/mol. The molecule has 0 saturated heterocycles. The molecule has 0 unspecified atom stereocenters. The topological polar surface area (TPSA) is 9.72 Å². The van der Waals surface area contributed by atoms with E-state index >= 15 is 0 Å². The van der Waals surface area contributed by atoms with Gasteiger partial charge in [0.2, 0.25) is 0 Å². The fourth-order valence-corrected chi connectivity index (χ4v) is 10.5. The SMILES string of the molecule is c1ccc(N(c2ccccc2)c2cccc(N(c3ccccc3)c3ccc4sc5cc(N(c6ccccc6)c6ccc7sc8ccccc8c7c6)ccc5c4c3)c2)cc1. The number of benzene rings is 9. The molecule has 0 spiro atoms. The van der Waals surface area contributed by atoms with Gasteiger partial charge in [0.25, 0.3) is 0 Å². The minimum absolute atomic E-state index is 1.08. The van der Waals surface area contributed by atoms with Crippen molar-refractivity contribution in [3.05, 3.63) is 224 Å². The van der Waals surface area contributed by atoms with E-state index in [9.17, 15) is 0 Å². The Morgan fingerprint density at radius 1 is 0.203 bits per heavy atom. The molecule has 0 radical (unpaired) electrons. The molecule has 0 aliphatic rings. The Hall–Kier alpha value is -7.18. The van der Waals surface area contributed by atoms with E-state index < -0.39 is 0 Å². The number of fused-ring (bicyclic) bond motifs is 6. The molecule has 0 atom stereocenters. The molecule has 280 valence electrons. The van der Waals surface area contributed by atoms with Crippen LogP contribution >= 0.6 is 22.7 Å². The second-order valence-electron chi connectivity index (χ2n) is 14.6. The van der Waals surface area contributed by atoms with Crippen molar-refractivity contribution >= 4 is 114 Å². The number of anilines is 9. The minimum Gasteiger partial charge on any atom is -0.310 e. The average molecular weight is 792 g/mol. The number of nitrogens with zero attached hydrogens (tertiary/aromatic N) is 3. The molecule has 0 saturated carbocycles. The van der Waals surface area contributed by atoms with Crippen LogP contribution in [0.2, 0.25) is 0 Å². The summed E-state index contributed by atoms with van der Waals surface area (Å²) in [5, 5.41) is 5.10. The highest BCUT2D eigenvalue weighted by Crippen LogP contribution is 2.46. The molecule has 2 aromatic heterocycles. The lowest BCUT2D eigenvalue weighted by atomic mass is 10.1. The van der Waals surface area contributed by atoms with Gasteiger partial charge in [-0.25, -0.2) is 0 Å². The van der Waals surface area contributed by atoms with Crippen molar-refractivity contribution in [2.24, 2.45) is 0 Å². The van der Waals surface area contributed by atoms with Crippen LogP contribution in [0.25, 0.3) is 40.3 Å². The largest absolute Gasteiger partial charge is 0.310 e. The summed E-state index contributed by atoms with van der Waals surface area (Å²) in [5.41, 5.74) is 10.0. The Bertz CT molecular complexity index is 3190. The van der Waals surface area contributed by atoms with Gasteiger partial charge in [0.1, 0.15) is 0 Å². The molecule has 2 heterocycles. The van der Waals surface area contributed by atoms with Gasteiger partial charge in [0, 0.05) is 91.5 Å². The Morgan fingerprint density at radius 2 is 0.542 bits per heavy atom. The first-order valence-corrected chi connectivity index (χ1v) is 21.5. The van der Waals surface area contributed by atoms with Crippen LogP contribution in [0, 0.1) is 0 Å². The number of rotatable bonds is 9. The lowest BCUT2D eigenvalue weighted by Gasteiger charge is -2.29. The van der Waals surface area contributed by atoms with Gasteiger partial charge in [0.05, 0.1) is 0 Å². The first-order chi connectivity index (χ1) is 29.2. The van der Waals surface area contributed by atoms with E-state index in [0.717, 1.165) is 51.2 Å². The summed E-state index contributed by atoms with van der Waals surface area (Å²) in [6.07, 6.45) is 0. The van der Waals surface area contributed by atoms with Gasteiger partial charge < -0.3 is 14.7 Å². The molecule has 9 aromatic carbocycles. The van der Waals surface area contributed by atoms with Crippen LogP contribution in [-0.2, 0) is 0 Å². The zero-order chi connectivity index (χ0) is 39.1. The molecule has 0 aliphatic carbocycles. The molecule has 0 bridgehead atoms. The molecule has 11 aromatic rings. The molecule has 3 nitrogen and oxygen atoms in total. The summed E-state index contributed by atoms with van der Waals surface area (Å²) in [4.78, 5) is 7.08. The van der Waals surface area contributed by atoms with Gasteiger partial charge in [0.15, 0.2) is 0 Å². The maximum absolute atomic E-state index is 2.39. The Labute approximate surface area is 351 Å². The normalized spacial score (nSPS) is 11.4. The highest BCUT2D eigenvalue weighted by Gasteiger charge is 2.20. The zero-order valence-electron chi connectivity index (χ0n) is 32.0. The molecule has 0 amide bonds. The van der Waals surface area contributed by atoms with Crippen molar-refractivity contribution in [2.75, 3.05) is 14.7 Å². The molecule has 0 fully saturated rings. The van der Waals surface area contributed by atoms with Crippen LogP contribution in [-0.4, -0.2) is 0 Å². The van der Waals surface area contributed by atoms with Crippen molar-refractivity contribution in [1.29, 1.82) is 0 Å². The Balaban J connectivity index is 1.02. The molecule has 0 aliphatic heterocycles. The summed E-state index contributed by atoms with van der Waals surface area (Å²) >= 11 is 3.71. The molecular weight excluding hydrogens is 755 g/mol. The van der Waals surface area contributed by atoms with Gasteiger partial charge in [-0.15, -0.1) is 22.7 Å². The van der Waals surface area contributed by atoms with E-state index in [0.29, 0.717) is 0 Å². The molecule has 0 N–H and O–H groups in total. The summed E-state index contributed by atoms with van der Waals surface area (Å²) < 4.78 is 5.14. The van der Waals surface area contributed by atoms with E-state index in [4.69, 9.17) is 0 Å². The van der Waals surface area contributed by atoms with Gasteiger partial charge in [-0.05, 0) is 121 Å². The fourth-order valence-electron chi connectivity index (χ4n) is 8.31. The van der Waals surface area contributed by atoms with Crippen molar-refractivity contribution < 1.29 is 0 Å². The molecular formula is C54H37N3S2. The Kier molecular flexibility index (Phi) is 8.88. The lowest BCUT2D eigenvalue weighted by Crippen LogP contribution is -2.13. The van der Waals surface area contributed by atoms with Crippen LogP contribution in [0.1, 0.15) is 0 Å². The highest BCUT2D eigenvalue weighted by molar-refractivity contribution is 7.26. The lowest BCUT2D eigenvalue weighted by molar-refractivity contribution is 1.25. The van der Waals surface area contributed by atoms with E-state index in [1.165, 1.54) is 40.3 Å². The summed E-state index contributed by atoms with van der Waals surface area (Å²) in [6, 6.07) is 81.0. The quantitative estimate of drug-likeness (QED) is 0.144. The van der Waals surface area contributed by atoms with Crippen LogP contribution in [0.15, 0.2) is 224 Å². The van der Waals surface area contributed by atoms with Crippen molar-refractivity contribution in [2.45, 2.75) is 0 Å². The summed E-state index contributed by atoms with van der Waals surface area (Å²) in [7, 11) is 0. The van der Waals surface area contributed by atoms with Crippen LogP contribution in [0.3, 0.4) is 0 Å². The standard InChI is InChI=1S/C54H37N3S2/c1-5-16-38(17-6-1)55(39-18-7-2-8-19-39)42-24-15-25-43(34-42)56(40-20-9-3-10-21-40)44-30-33-53-50(36-44)48-31-28-46(37-54(48)59-53)57(41-22-11-4-12-23-41)45-29-32-52-49(35-45)47-26-13-14-27-51(47)58-52/h1-37H. The molecule has 5 heteroatoms. The van der Waals surface area contributed by atoms with E-state index in [-0.39, 0.29) is 0 Å². The number of para-hydroxylation sites is 4. The maximum Gasteiger partial charge on any atom is 0.0482 e. The van der Waals surface area contributed by atoms with Crippen molar-refractivity contribution in [3.8, 4) is 0 Å². The number of thiophene rings is 2. The highest BCUT2D eigenvalue weighted by atomic mass is 32.1. The van der Waals surface area contributed by atoms with Crippen molar-refractivity contribution in [1.82, 2.24) is 0 Å². The average Bonchev–Trinajstić information content (AvgIpc) is 3.86. The summed E-state index contributed by atoms with van der Waals surface area (Å²) in [5.74, 6) is 0. The smallest absolute Gasteiger partial charge is 0.0482 e. The first kappa shape index (κ1) is 35.0. The fraction of sp³-hybridized carbons (Fsp3) is 0. The second-order valence-corrected chi connectivity index (χ2v) is 16.8. The van der Waals surface area contributed by atoms with Crippen LogP contribution in [0.5, 0.6) is 0 Å². The van der Waals surface area contributed by atoms with Crippen LogP contribution < -0.4 is 14.7 Å². The summed E-state index contributed by atoms with van der Waals surface area (Å²) in [6.45, 7) is 0. The zero-order valence-corrected chi connectivity index (χ0v) is 33.7.